The van der Waals surface area contributed by atoms with E-state index in [0.29, 0.717) is 10.5 Å². The number of aromatic nitrogens is 3. The largest absolute Gasteiger partial charge is 0.573 e. The molecule has 0 aliphatic rings. The Balaban J connectivity index is 1.81. The van der Waals surface area contributed by atoms with Crippen LogP contribution in [0.2, 0.25) is 0 Å². The third-order valence-corrected chi connectivity index (χ3v) is 4.16. The van der Waals surface area contributed by atoms with Crippen molar-refractivity contribution < 1.29 is 27.8 Å². The quantitative estimate of drug-likeness (QED) is 0.688. The van der Waals surface area contributed by atoms with Crippen LogP contribution in [0.15, 0.2) is 58.5 Å². The minimum Gasteiger partial charge on any atom is -0.476 e. The fourth-order valence-electron chi connectivity index (χ4n) is 2.13. The molecule has 0 bridgehead atoms. The van der Waals surface area contributed by atoms with Gasteiger partial charge in [-0.2, -0.15) is 5.21 Å². The van der Waals surface area contributed by atoms with E-state index in [2.05, 4.69) is 20.1 Å². The summed E-state index contributed by atoms with van der Waals surface area (Å²) in [5.74, 6) is -1.50. The molecule has 0 saturated heterocycles. The minimum absolute atomic E-state index is 0.186. The highest BCUT2D eigenvalue weighted by Crippen LogP contribution is 2.32. The second-order valence-corrected chi connectivity index (χ2v) is 6.05. The number of aromatic carboxylic acids is 1. The lowest BCUT2D eigenvalue weighted by Crippen LogP contribution is -2.16. The van der Waals surface area contributed by atoms with E-state index in [9.17, 15) is 18.0 Å². The number of carboxylic acid groups (broad SMARTS) is 1. The second kappa shape index (κ2) is 7.08. The SMILES string of the molecule is O=C(O)c1n[nH]nc1Sc1cccc(-c2ccc(OC(F)(F)F)cc2)c1. The number of aromatic amines is 1. The fourth-order valence-corrected chi connectivity index (χ4v) is 3.00. The zero-order chi connectivity index (χ0) is 18.7. The molecule has 134 valence electrons. The minimum atomic E-state index is -4.74. The van der Waals surface area contributed by atoms with Gasteiger partial charge < -0.3 is 9.84 Å². The molecule has 0 amide bonds. The summed E-state index contributed by atoms with van der Waals surface area (Å²) in [4.78, 5) is 11.8. The number of carbonyl (C=O) groups is 1. The molecule has 0 saturated carbocycles. The Morgan fingerprint density at radius 1 is 1.08 bits per heavy atom. The highest BCUT2D eigenvalue weighted by Gasteiger charge is 2.30. The molecule has 26 heavy (non-hydrogen) atoms. The van der Waals surface area contributed by atoms with Crippen LogP contribution >= 0.6 is 11.8 Å². The third kappa shape index (κ3) is 4.33. The van der Waals surface area contributed by atoms with Crippen molar-refractivity contribution >= 4 is 17.7 Å². The van der Waals surface area contributed by atoms with E-state index in [1.54, 1.807) is 24.3 Å². The van der Waals surface area contributed by atoms with Crippen molar-refractivity contribution in [2.24, 2.45) is 0 Å². The van der Waals surface area contributed by atoms with Crippen LogP contribution in [0.3, 0.4) is 0 Å². The fraction of sp³-hybridized carbons (Fsp3) is 0.0625. The van der Waals surface area contributed by atoms with Gasteiger partial charge in [0.2, 0.25) is 5.69 Å². The van der Waals surface area contributed by atoms with Crippen molar-refractivity contribution in [2.75, 3.05) is 0 Å². The molecule has 0 spiro atoms. The Labute approximate surface area is 149 Å². The highest BCUT2D eigenvalue weighted by molar-refractivity contribution is 7.99. The first kappa shape index (κ1) is 17.8. The average Bonchev–Trinajstić information content (AvgIpc) is 3.03. The van der Waals surface area contributed by atoms with E-state index in [1.165, 1.54) is 24.3 Å². The zero-order valence-corrected chi connectivity index (χ0v) is 13.6. The summed E-state index contributed by atoms with van der Waals surface area (Å²) in [5, 5.41) is 18.9. The van der Waals surface area contributed by atoms with Crippen molar-refractivity contribution in [1.82, 2.24) is 15.4 Å². The first-order chi connectivity index (χ1) is 12.3. The summed E-state index contributed by atoms with van der Waals surface area (Å²) >= 11 is 1.11. The van der Waals surface area contributed by atoms with Gasteiger partial charge in [0.1, 0.15) is 5.75 Å². The number of H-pyrrole nitrogens is 1. The van der Waals surface area contributed by atoms with Gasteiger partial charge >= 0.3 is 12.3 Å². The molecule has 1 heterocycles. The van der Waals surface area contributed by atoms with E-state index in [0.717, 1.165) is 17.3 Å². The summed E-state index contributed by atoms with van der Waals surface area (Å²) in [5.41, 5.74) is 1.24. The van der Waals surface area contributed by atoms with Crippen molar-refractivity contribution in [2.45, 2.75) is 16.3 Å². The van der Waals surface area contributed by atoms with Crippen LogP contribution in [0.1, 0.15) is 10.5 Å². The maximum atomic E-state index is 12.2. The molecular formula is C16H10F3N3O3S. The molecule has 3 aromatic rings. The molecule has 10 heteroatoms. The van der Waals surface area contributed by atoms with Gasteiger partial charge in [-0.15, -0.1) is 23.4 Å². The predicted molar refractivity (Wildman–Crippen MR) is 86.0 cm³/mol. The number of alkyl halides is 3. The first-order valence-electron chi connectivity index (χ1n) is 7.10. The topological polar surface area (TPSA) is 88.1 Å². The van der Waals surface area contributed by atoms with Crippen molar-refractivity contribution in [1.29, 1.82) is 0 Å². The smallest absolute Gasteiger partial charge is 0.476 e. The Kier molecular flexibility index (Phi) is 4.85. The zero-order valence-electron chi connectivity index (χ0n) is 12.8. The van der Waals surface area contributed by atoms with Crippen LogP contribution < -0.4 is 4.74 Å². The van der Waals surface area contributed by atoms with Crippen LogP contribution in [-0.4, -0.2) is 32.8 Å². The number of nitrogens with zero attached hydrogens (tertiary/aromatic N) is 2. The van der Waals surface area contributed by atoms with Gasteiger partial charge in [-0.3, -0.25) is 0 Å². The Bertz CT molecular complexity index is 926. The number of halogens is 3. The number of carboxylic acids is 1. The molecule has 2 aromatic carbocycles. The number of benzene rings is 2. The van der Waals surface area contributed by atoms with Crippen LogP contribution in [0, 0.1) is 0 Å². The molecule has 6 nitrogen and oxygen atoms in total. The Morgan fingerprint density at radius 2 is 1.81 bits per heavy atom. The lowest BCUT2D eigenvalue weighted by Gasteiger charge is -2.09. The molecule has 0 aliphatic carbocycles. The number of ether oxygens (including phenoxy) is 1. The molecule has 0 aliphatic heterocycles. The van der Waals surface area contributed by atoms with E-state index in [-0.39, 0.29) is 16.5 Å². The second-order valence-electron chi connectivity index (χ2n) is 4.98. The van der Waals surface area contributed by atoms with Crippen molar-refractivity contribution in [3.8, 4) is 16.9 Å². The molecule has 2 N–H and O–H groups in total. The summed E-state index contributed by atoms with van der Waals surface area (Å²) in [6.07, 6.45) is -4.74. The lowest BCUT2D eigenvalue weighted by molar-refractivity contribution is -0.274. The standard InChI is InChI=1S/C16H10F3N3O3S/c17-16(18,19)25-11-6-4-9(5-7-11)10-2-1-3-12(8-10)26-14-13(15(23)24)20-22-21-14/h1-8H,(H,23,24)(H,20,21,22). The van der Waals surface area contributed by atoms with Crippen LogP contribution in [0.25, 0.3) is 11.1 Å². The van der Waals surface area contributed by atoms with Gasteiger partial charge in [0, 0.05) is 4.90 Å². The van der Waals surface area contributed by atoms with Gasteiger partial charge in [0.15, 0.2) is 5.03 Å². The van der Waals surface area contributed by atoms with E-state index in [4.69, 9.17) is 5.11 Å². The van der Waals surface area contributed by atoms with E-state index >= 15 is 0 Å². The van der Waals surface area contributed by atoms with E-state index in [1.807, 2.05) is 0 Å². The summed E-state index contributed by atoms with van der Waals surface area (Å²) in [6.45, 7) is 0. The third-order valence-electron chi connectivity index (χ3n) is 3.19. The van der Waals surface area contributed by atoms with Gasteiger partial charge in [-0.05, 0) is 35.4 Å². The Hall–Kier alpha value is -3.01. The molecule has 0 fully saturated rings. The van der Waals surface area contributed by atoms with Crippen LogP contribution in [-0.2, 0) is 0 Å². The molecule has 3 rings (SSSR count). The molecule has 0 atom stereocenters. The summed E-state index contributed by atoms with van der Waals surface area (Å²) < 4.78 is 40.5. The average molecular weight is 381 g/mol. The van der Waals surface area contributed by atoms with E-state index < -0.39 is 12.3 Å². The lowest BCUT2D eigenvalue weighted by atomic mass is 10.1. The van der Waals surface area contributed by atoms with Gasteiger partial charge in [-0.1, -0.05) is 36.0 Å². The van der Waals surface area contributed by atoms with Crippen molar-refractivity contribution in [3.05, 3.63) is 54.2 Å². The summed E-state index contributed by atoms with van der Waals surface area (Å²) in [6, 6.07) is 12.5. The Morgan fingerprint density at radius 3 is 2.46 bits per heavy atom. The van der Waals surface area contributed by atoms with Crippen molar-refractivity contribution in [3.63, 3.8) is 0 Å². The normalized spacial score (nSPS) is 11.3. The number of nitrogens with one attached hydrogen (secondary N) is 1. The maximum absolute atomic E-state index is 12.2. The van der Waals surface area contributed by atoms with Crippen LogP contribution in [0.5, 0.6) is 5.75 Å². The molecule has 1 aromatic heterocycles. The first-order valence-corrected chi connectivity index (χ1v) is 7.91. The van der Waals surface area contributed by atoms with Gasteiger partial charge in [0.25, 0.3) is 0 Å². The maximum Gasteiger partial charge on any atom is 0.573 e. The highest BCUT2D eigenvalue weighted by atomic mass is 32.2. The number of hydrogen-bond acceptors (Lipinski definition) is 5. The monoisotopic (exact) mass is 381 g/mol. The number of rotatable bonds is 5. The molecular weight excluding hydrogens is 371 g/mol. The van der Waals surface area contributed by atoms with Gasteiger partial charge in [0.05, 0.1) is 0 Å². The summed E-state index contributed by atoms with van der Waals surface area (Å²) in [7, 11) is 0. The molecule has 0 radical (unpaired) electrons. The van der Waals surface area contributed by atoms with Crippen LogP contribution in [0.4, 0.5) is 13.2 Å². The van der Waals surface area contributed by atoms with Gasteiger partial charge in [-0.25, -0.2) is 4.79 Å². The molecule has 0 unspecified atom stereocenters. The number of hydrogen-bond donors (Lipinski definition) is 2. The predicted octanol–water partition coefficient (Wildman–Crippen LogP) is 4.22.